The molecule has 17 heavy (non-hydrogen) atoms. The van der Waals surface area contributed by atoms with Crippen molar-refractivity contribution in [2.45, 2.75) is 39.2 Å². The van der Waals surface area contributed by atoms with Gasteiger partial charge >= 0.3 is 0 Å². The Labute approximate surface area is 109 Å². The maximum Gasteiger partial charge on any atom is 0.223 e. The Morgan fingerprint density at radius 1 is 1.06 bits per heavy atom. The van der Waals surface area contributed by atoms with Crippen LogP contribution in [0.25, 0.3) is 0 Å². The minimum Gasteiger partial charge on any atom is -0.321 e. The van der Waals surface area contributed by atoms with E-state index in [1.807, 2.05) is 13.8 Å². The Morgan fingerprint density at radius 3 is 2.12 bits per heavy atom. The van der Waals surface area contributed by atoms with Gasteiger partial charge in [-0.15, -0.1) is 0 Å². The summed E-state index contributed by atoms with van der Waals surface area (Å²) in [6.07, 6.45) is 1.41. The SMILES string of the molecule is CCC(N)(CC)C1=C2SC(=O)C(C)=C2SC1=O. The molecule has 0 atom stereocenters. The Morgan fingerprint density at radius 2 is 1.59 bits per heavy atom. The van der Waals surface area contributed by atoms with Gasteiger partial charge in [0.25, 0.3) is 0 Å². The van der Waals surface area contributed by atoms with Gasteiger partial charge < -0.3 is 5.73 Å². The molecule has 0 spiro atoms. The summed E-state index contributed by atoms with van der Waals surface area (Å²) in [4.78, 5) is 25.4. The van der Waals surface area contributed by atoms with Crippen molar-refractivity contribution in [1.29, 1.82) is 0 Å². The van der Waals surface area contributed by atoms with Crippen molar-refractivity contribution in [3.8, 4) is 0 Å². The quantitative estimate of drug-likeness (QED) is 0.853. The van der Waals surface area contributed by atoms with Crippen LogP contribution in [0.1, 0.15) is 33.6 Å². The number of hydrogen-bond donors (Lipinski definition) is 1. The highest BCUT2D eigenvalue weighted by atomic mass is 32.2. The van der Waals surface area contributed by atoms with E-state index in [4.69, 9.17) is 5.73 Å². The lowest BCUT2D eigenvalue weighted by atomic mass is 9.85. The van der Waals surface area contributed by atoms with Crippen LogP contribution >= 0.6 is 23.5 Å². The summed E-state index contributed by atoms with van der Waals surface area (Å²) in [7, 11) is 0. The first-order chi connectivity index (χ1) is 7.94. The molecule has 5 heteroatoms. The first-order valence-electron chi connectivity index (χ1n) is 5.63. The fourth-order valence-corrected chi connectivity index (χ4v) is 4.53. The van der Waals surface area contributed by atoms with Crippen LogP contribution in [-0.2, 0) is 9.59 Å². The number of hydrogen-bond acceptors (Lipinski definition) is 5. The van der Waals surface area contributed by atoms with E-state index in [2.05, 4.69) is 0 Å². The van der Waals surface area contributed by atoms with E-state index in [1.54, 1.807) is 6.92 Å². The lowest BCUT2D eigenvalue weighted by Crippen LogP contribution is -2.42. The molecule has 0 fully saturated rings. The van der Waals surface area contributed by atoms with Crippen LogP contribution in [0.2, 0.25) is 0 Å². The molecule has 0 aromatic rings. The third-order valence-electron chi connectivity index (χ3n) is 3.43. The molecule has 2 aliphatic heterocycles. The van der Waals surface area contributed by atoms with E-state index in [9.17, 15) is 9.59 Å². The number of fused-ring (bicyclic) bond motifs is 1. The van der Waals surface area contributed by atoms with Gasteiger partial charge in [-0.25, -0.2) is 0 Å². The average Bonchev–Trinajstić information content (AvgIpc) is 2.76. The van der Waals surface area contributed by atoms with Crippen molar-refractivity contribution < 1.29 is 9.59 Å². The molecule has 0 saturated carbocycles. The van der Waals surface area contributed by atoms with Crippen molar-refractivity contribution in [2.75, 3.05) is 0 Å². The van der Waals surface area contributed by atoms with Gasteiger partial charge in [0.2, 0.25) is 10.2 Å². The van der Waals surface area contributed by atoms with E-state index in [1.165, 1.54) is 0 Å². The zero-order valence-electron chi connectivity index (χ0n) is 10.1. The van der Waals surface area contributed by atoms with Crippen LogP contribution in [0.15, 0.2) is 21.0 Å². The topological polar surface area (TPSA) is 60.2 Å². The number of nitrogens with two attached hydrogens (primary N) is 1. The predicted octanol–water partition coefficient (Wildman–Crippen LogP) is 2.58. The monoisotopic (exact) mass is 269 g/mol. The minimum atomic E-state index is -0.598. The zero-order chi connectivity index (χ0) is 12.8. The van der Waals surface area contributed by atoms with Crippen molar-refractivity contribution >= 4 is 33.8 Å². The smallest absolute Gasteiger partial charge is 0.223 e. The van der Waals surface area contributed by atoms with E-state index >= 15 is 0 Å². The summed E-state index contributed by atoms with van der Waals surface area (Å²) in [5.41, 5.74) is 7.04. The molecule has 0 aromatic carbocycles. The molecule has 0 saturated heterocycles. The summed E-state index contributed by atoms with van der Waals surface area (Å²) in [5, 5.41) is 0.0580. The molecule has 0 amide bonds. The van der Waals surface area contributed by atoms with Crippen LogP contribution in [0.4, 0.5) is 0 Å². The molecule has 0 aromatic heterocycles. The van der Waals surface area contributed by atoms with Crippen molar-refractivity contribution in [1.82, 2.24) is 0 Å². The van der Waals surface area contributed by atoms with Crippen LogP contribution in [-0.4, -0.2) is 15.8 Å². The second-order valence-electron chi connectivity index (χ2n) is 4.30. The maximum atomic E-state index is 12.1. The molecule has 2 rings (SSSR count). The second kappa shape index (κ2) is 4.30. The van der Waals surface area contributed by atoms with Crippen LogP contribution in [0.5, 0.6) is 0 Å². The molecule has 92 valence electrons. The Balaban J connectivity index is 2.58. The van der Waals surface area contributed by atoms with Crippen LogP contribution < -0.4 is 5.73 Å². The Bertz CT molecular complexity index is 473. The largest absolute Gasteiger partial charge is 0.321 e. The van der Waals surface area contributed by atoms with Gasteiger partial charge in [-0.1, -0.05) is 13.8 Å². The van der Waals surface area contributed by atoms with Crippen LogP contribution in [0.3, 0.4) is 0 Å². The van der Waals surface area contributed by atoms with Gasteiger partial charge in [0, 0.05) is 26.5 Å². The number of rotatable bonds is 3. The molecule has 2 N–H and O–H groups in total. The molecular weight excluding hydrogens is 254 g/mol. The van der Waals surface area contributed by atoms with E-state index in [-0.39, 0.29) is 10.2 Å². The minimum absolute atomic E-state index is 0.0144. The highest BCUT2D eigenvalue weighted by Crippen LogP contribution is 2.54. The summed E-state index contributed by atoms with van der Waals surface area (Å²) in [5.74, 6) is 0. The first kappa shape index (κ1) is 12.9. The molecule has 2 aliphatic rings. The number of carbonyl (C=O) groups is 2. The van der Waals surface area contributed by atoms with Crippen molar-refractivity contribution in [3.05, 3.63) is 21.0 Å². The van der Waals surface area contributed by atoms with Gasteiger partial charge in [-0.3, -0.25) is 9.59 Å². The summed E-state index contributed by atoms with van der Waals surface area (Å²) in [6, 6.07) is 0. The summed E-state index contributed by atoms with van der Waals surface area (Å²) >= 11 is 2.32. The Kier molecular flexibility index (Phi) is 3.27. The molecule has 3 nitrogen and oxygen atoms in total. The maximum absolute atomic E-state index is 12.1. The highest BCUT2D eigenvalue weighted by molar-refractivity contribution is 8.24. The predicted molar refractivity (Wildman–Crippen MR) is 72.4 cm³/mol. The van der Waals surface area contributed by atoms with E-state index in [0.29, 0.717) is 24.0 Å². The fourth-order valence-electron chi connectivity index (χ4n) is 2.04. The molecule has 2 heterocycles. The average molecular weight is 269 g/mol. The molecular formula is C12H15NO2S2. The fraction of sp³-hybridized carbons (Fsp3) is 0.500. The van der Waals surface area contributed by atoms with Crippen LogP contribution in [0, 0.1) is 0 Å². The summed E-state index contributed by atoms with van der Waals surface area (Å²) < 4.78 is 0. The van der Waals surface area contributed by atoms with Gasteiger partial charge in [-0.2, -0.15) is 0 Å². The molecule has 0 aliphatic carbocycles. The Hall–Kier alpha value is -0.520. The lowest BCUT2D eigenvalue weighted by molar-refractivity contribution is -0.108. The van der Waals surface area contributed by atoms with Gasteiger partial charge in [0.05, 0.1) is 0 Å². The van der Waals surface area contributed by atoms with E-state index < -0.39 is 5.54 Å². The molecule has 0 unspecified atom stereocenters. The van der Waals surface area contributed by atoms with Gasteiger partial charge in [0.1, 0.15) is 0 Å². The van der Waals surface area contributed by atoms with Crippen molar-refractivity contribution in [2.24, 2.45) is 5.73 Å². The van der Waals surface area contributed by atoms with E-state index in [0.717, 1.165) is 33.3 Å². The highest BCUT2D eigenvalue weighted by Gasteiger charge is 2.44. The third-order valence-corrected chi connectivity index (χ3v) is 5.77. The normalized spacial score (nSPS) is 20.7. The molecule has 0 bridgehead atoms. The third kappa shape index (κ3) is 1.80. The van der Waals surface area contributed by atoms with Gasteiger partial charge in [0.15, 0.2) is 0 Å². The second-order valence-corrected chi connectivity index (χ2v) is 6.27. The molecule has 0 radical (unpaired) electrons. The number of thioether (sulfide) groups is 2. The number of carbonyl (C=O) groups excluding carboxylic acids is 2. The zero-order valence-corrected chi connectivity index (χ0v) is 11.8. The lowest BCUT2D eigenvalue weighted by Gasteiger charge is -2.27. The standard InChI is InChI=1S/C12H15NO2S2/c1-4-12(13,5-2)7-9-8(16-11(7)15)6(3)10(14)17-9/h4-5,13H2,1-3H3. The summed E-state index contributed by atoms with van der Waals surface area (Å²) in [6.45, 7) is 5.73. The first-order valence-corrected chi connectivity index (χ1v) is 7.27. The van der Waals surface area contributed by atoms with Gasteiger partial charge in [-0.05, 0) is 43.3 Å². The van der Waals surface area contributed by atoms with Crippen molar-refractivity contribution in [3.63, 3.8) is 0 Å².